The first kappa shape index (κ1) is 16.5. The van der Waals surface area contributed by atoms with Crippen molar-refractivity contribution in [3.63, 3.8) is 0 Å². The number of likely N-dealkylation sites (tertiary alicyclic amines) is 1. The molecule has 24 heavy (non-hydrogen) atoms. The maximum atomic E-state index is 13.1. The molecule has 1 N–H and O–H groups in total. The van der Waals surface area contributed by atoms with Crippen LogP contribution < -0.4 is 0 Å². The zero-order valence-corrected chi connectivity index (χ0v) is 13.5. The number of aryl methyl sites for hydroxylation is 1. The van der Waals surface area contributed by atoms with Crippen molar-refractivity contribution in [1.29, 1.82) is 0 Å². The maximum absolute atomic E-state index is 13.1. The van der Waals surface area contributed by atoms with Gasteiger partial charge in [0.25, 0.3) is 5.91 Å². The Labute approximate surface area is 140 Å². The summed E-state index contributed by atoms with van der Waals surface area (Å²) in [5.41, 5.74) is 1.84. The van der Waals surface area contributed by atoms with E-state index in [1.807, 2.05) is 0 Å². The number of piperidine rings is 1. The van der Waals surface area contributed by atoms with E-state index in [1.54, 1.807) is 30.2 Å². The van der Waals surface area contributed by atoms with E-state index in [9.17, 15) is 14.3 Å². The van der Waals surface area contributed by atoms with E-state index in [-0.39, 0.29) is 23.5 Å². The SMILES string of the molecule is Cc1cncc(C(=O)N2CCC[C@H](O)[C@@H]2Cc2ccc(F)cc2)n1. The van der Waals surface area contributed by atoms with Gasteiger partial charge in [0.2, 0.25) is 0 Å². The first-order valence-corrected chi connectivity index (χ1v) is 8.07. The minimum atomic E-state index is -0.606. The molecule has 0 bridgehead atoms. The molecule has 1 fully saturated rings. The van der Waals surface area contributed by atoms with E-state index in [0.29, 0.717) is 25.1 Å². The molecular weight excluding hydrogens is 309 g/mol. The zero-order chi connectivity index (χ0) is 17.1. The highest BCUT2D eigenvalue weighted by molar-refractivity contribution is 5.92. The first-order chi connectivity index (χ1) is 11.5. The molecule has 0 aliphatic carbocycles. The summed E-state index contributed by atoms with van der Waals surface area (Å²) in [6.07, 6.45) is 4.31. The molecule has 126 valence electrons. The van der Waals surface area contributed by atoms with Crippen molar-refractivity contribution >= 4 is 5.91 Å². The average molecular weight is 329 g/mol. The van der Waals surface area contributed by atoms with Crippen LogP contribution in [0.4, 0.5) is 4.39 Å². The fraction of sp³-hybridized carbons (Fsp3) is 0.389. The quantitative estimate of drug-likeness (QED) is 0.937. The molecule has 5 nitrogen and oxygen atoms in total. The lowest BCUT2D eigenvalue weighted by atomic mass is 9.92. The van der Waals surface area contributed by atoms with Gasteiger partial charge in [-0.2, -0.15) is 0 Å². The number of carbonyl (C=O) groups excluding carboxylic acids is 1. The fourth-order valence-corrected chi connectivity index (χ4v) is 3.11. The van der Waals surface area contributed by atoms with E-state index < -0.39 is 6.10 Å². The Kier molecular flexibility index (Phi) is 4.85. The molecule has 2 aromatic rings. The Hall–Kier alpha value is -2.34. The summed E-state index contributed by atoms with van der Waals surface area (Å²) < 4.78 is 13.1. The largest absolute Gasteiger partial charge is 0.391 e. The molecule has 1 aromatic carbocycles. The van der Waals surface area contributed by atoms with Gasteiger partial charge < -0.3 is 10.0 Å². The third-order valence-electron chi connectivity index (χ3n) is 4.34. The summed E-state index contributed by atoms with van der Waals surface area (Å²) >= 11 is 0. The number of benzene rings is 1. The van der Waals surface area contributed by atoms with Crippen LogP contribution in [0.2, 0.25) is 0 Å². The molecule has 2 atom stereocenters. The molecule has 1 aliphatic rings. The average Bonchev–Trinajstić information content (AvgIpc) is 2.58. The van der Waals surface area contributed by atoms with Crippen LogP contribution in [0, 0.1) is 12.7 Å². The second kappa shape index (κ2) is 7.05. The molecule has 0 spiro atoms. The highest BCUT2D eigenvalue weighted by Gasteiger charge is 2.34. The molecule has 2 heterocycles. The first-order valence-electron chi connectivity index (χ1n) is 8.07. The van der Waals surface area contributed by atoms with Gasteiger partial charge in [-0.15, -0.1) is 0 Å². The van der Waals surface area contributed by atoms with Crippen LogP contribution in [0.25, 0.3) is 0 Å². The van der Waals surface area contributed by atoms with Crippen LogP contribution in [-0.4, -0.2) is 44.6 Å². The summed E-state index contributed by atoms with van der Waals surface area (Å²) in [6.45, 7) is 2.35. The summed E-state index contributed by atoms with van der Waals surface area (Å²) in [6, 6.07) is 5.81. The topological polar surface area (TPSA) is 66.3 Å². The van der Waals surface area contributed by atoms with E-state index in [2.05, 4.69) is 9.97 Å². The lowest BCUT2D eigenvalue weighted by Crippen LogP contribution is -2.52. The van der Waals surface area contributed by atoms with Crippen molar-refractivity contribution in [2.45, 2.75) is 38.3 Å². The third-order valence-corrected chi connectivity index (χ3v) is 4.34. The van der Waals surface area contributed by atoms with Crippen molar-refractivity contribution in [3.8, 4) is 0 Å². The number of nitrogens with zero attached hydrogens (tertiary/aromatic N) is 3. The van der Waals surface area contributed by atoms with Gasteiger partial charge in [0.15, 0.2) is 0 Å². The molecule has 0 unspecified atom stereocenters. The highest BCUT2D eigenvalue weighted by atomic mass is 19.1. The summed E-state index contributed by atoms with van der Waals surface area (Å²) in [4.78, 5) is 22.7. The molecular formula is C18H20FN3O2. The second-order valence-corrected chi connectivity index (χ2v) is 6.15. The molecule has 0 radical (unpaired) electrons. The van der Waals surface area contributed by atoms with E-state index in [0.717, 1.165) is 12.0 Å². The molecule has 1 saturated heterocycles. The Morgan fingerprint density at radius 3 is 2.79 bits per heavy atom. The number of aromatic nitrogens is 2. The van der Waals surface area contributed by atoms with Crippen LogP contribution >= 0.6 is 0 Å². The van der Waals surface area contributed by atoms with Crippen molar-refractivity contribution in [2.75, 3.05) is 6.54 Å². The van der Waals surface area contributed by atoms with Gasteiger partial charge in [-0.25, -0.2) is 9.37 Å². The predicted octanol–water partition coefficient (Wildman–Crippen LogP) is 2.13. The minimum Gasteiger partial charge on any atom is -0.391 e. The lowest BCUT2D eigenvalue weighted by Gasteiger charge is -2.39. The van der Waals surface area contributed by atoms with Gasteiger partial charge in [-0.05, 0) is 43.9 Å². The van der Waals surface area contributed by atoms with Gasteiger partial charge in [0.05, 0.1) is 24.0 Å². The number of rotatable bonds is 3. The Morgan fingerprint density at radius 2 is 2.08 bits per heavy atom. The number of carbonyl (C=O) groups is 1. The van der Waals surface area contributed by atoms with Crippen molar-refractivity contribution in [3.05, 3.63) is 59.4 Å². The Bertz CT molecular complexity index is 720. The molecule has 6 heteroatoms. The van der Waals surface area contributed by atoms with Crippen LogP contribution in [0.1, 0.15) is 34.6 Å². The normalized spacial score (nSPS) is 20.9. The lowest BCUT2D eigenvalue weighted by molar-refractivity contribution is 0.0114. The molecule has 3 rings (SSSR count). The van der Waals surface area contributed by atoms with Gasteiger partial charge >= 0.3 is 0 Å². The Balaban J connectivity index is 1.83. The second-order valence-electron chi connectivity index (χ2n) is 6.15. The minimum absolute atomic E-state index is 0.225. The molecule has 1 aliphatic heterocycles. The number of hydrogen-bond acceptors (Lipinski definition) is 4. The number of amides is 1. The molecule has 1 aromatic heterocycles. The smallest absolute Gasteiger partial charge is 0.274 e. The van der Waals surface area contributed by atoms with Crippen molar-refractivity contribution in [1.82, 2.24) is 14.9 Å². The van der Waals surface area contributed by atoms with Crippen LogP contribution in [0.5, 0.6) is 0 Å². The van der Waals surface area contributed by atoms with Crippen LogP contribution in [-0.2, 0) is 6.42 Å². The van der Waals surface area contributed by atoms with Crippen LogP contribution in [0.3, 0.4) is 0 Å². The molecule has 1 amide bonds. The predicted molar refractivity (Wildman–Crippen MR) is 86.9 cm³/mol. The number of aliphatic hydroxyl groups is 1. The van der Waals surface area contributed by atoms with E-state index in [1.165, 1.54) is 18.3 Å². The highest BCUT2D eigenvalue weighted by Crippen LogP contribution is 2.23. The van der Waals surface area contributed by atoms with E-state index in [4.69, 9.17) is 0 Å². The van der Waals surface area contributed by atoms with Gasteiger partial charge in [0.1, 0.15) is 11.5 Å². The van der Waals surface area contributed by atoms with Crippen molar-refractivity contribution in [2.24, 2.45) is 0 Å². The van der Waals surface area contributed by atoms with Gasteiger partial charge in [0, 0.05) is 12.7 Å². The number of halogens is 1. The number of hydrogen-bond donors (Lipinski definition) is 1. The summed E-state index contributed by atoms with van der Waals surface area (Å²) in [7, 11) is 0. The third kappa shape index (κ3) is 3.59. The van der Waals surface area contributed by atoms with Gasteiger partial charge in [-0.1, -0.05) is 12.1 Å². The monoisotopic (exact) mass is 329 g/mol. The van der Waals surface area contributed by atoms with E-state index >= 15 is 0 Å². The zero-order valence-electron chi connectivity index (χ0n) is 13.5. The fourth-order valence-electron chi connectivity index (χ4n) is 3.11. The number of aliphatic hydroxyl groups excluding tert-OH is 1. The summed E-state index contributed by atoms with van der Waals surface area (Å²) in [5, 5.41) is 10.4. The van der Waals surface area contributed by atoms with Crippen LogP contribution in [0.15, 0.2) is 36.7 Å². The van der Waals surface area contributed by atoms with Gasteiger partial charge in [-0.3, -0.25) is 9.78 Å². The maximum Gasteiger partial charge on any atom is 0.274 e. The Morgan fingerprint density at radius 1 is 1.33 bits per heavy atom. The summed E-state index contributed by atoms with van der Waals surface area (Å²) in [5.74, 6) is -0.525. The standard InChI is InChI=1S/C18H20FN3O2/c1-12-10-20-11-15(21-12)18(24)22-8-2-3-17(23)16(22)9-13-4-6-14(19)7-5-13/h4-7,10-11,16-17,23H,2-3,8-9H2,1H3/t16-,17-/m0/s1. The molecule has 0 saturated carbocycles. The van der Waals surface area contributed by atoms with Crippen molar-refractivity contribution < 1.29 is 14.3 Å².